The van der Waals surface area contributed by atoms with E-state index in [4.69, 9.17) is 14.7 Å². The number of nitrogens with zero attached hydrogens (tertiary/aromatic N) is 1. The van der Waals surface area contributed by atoms with Crippen LogP contribution in [0.4, 0.5) is 0 Å². The molecule has 0 N–H and O–H groups in total. The number of hydrogen-bond acceptors (Lipinski definition) is 3. The molecule has 0 amide bonds. The van der Waals surface area contributed by atoms with Crippen LogP contribution >= 0.6 is 0 Å². The predicted molar refractivity (Wildman–Crippen MR) is 54.9 cm³/mol. The predicted octanol–water partition coefficient (Wildman–Crippen LogP) is 2.19. The van der Waals surface area contributed by atoms with E-state index in [1.807, 2.05) is 30.3 Å². The third-order valence-corrected chi connectivity index (χ3v) is 2.48. The zero-order chi connectivity index (χ0) is 10.6. The van der Waals surface area contributed by atoms with Gasteiger partial charge in [-0.3, -0.25) is 0 Å². The van der Waals surface area contributed by atoms with E-state index in [1.165, 1.54) is 0 Å². The van der Waals surface area contributed by atoms with Crippen molar-refractivity contribution in [1.29, 1.82) is 5.26 Å². The van der Waals surface area contributed by atoms with Crippen molar-refractivity contribution in [2.45, 2.75) is 18.6 Å². The third kappa shape index (κ3) is 2.01. The Bertz CT molecular complexity index is 350. The molecule has 1 aromatic rings. The second kappa shape index (κ2) is 4.43. The molecule has 1 aliphatic rings. The van der Waals surface area contributed by atoms with Crippen molar-refractivity contribution in [3.63, 3.8) is 0 Å². The van der Waals surface area contributed by atoms with E-state index in [9.17, 15) is 0 Å². The minimum atomic E-state index is -0.839. The first kappa shape index (κ1) is 10.2. The molecule has 78 valence electrons. The zero-order valence-electron chi connectivity index (χ0n) is 8.48. The first-order chi connectivity index (χ1) is 7.37. The van der Waals surface area contributed by atoms with Crippen LogP contribution in [0.1, 0.15) is 18.4 Å². The number of nitriles is 1. The van der Waals surface area contributed by atoms with Crippen LogP contribution in [0.2, 0.25) is 0 Å². The van der Waals surface area contributed by atoms with Gasteiger partial charge in [0.2, 0.25) is 5.79 Å². The average molecular weight is 203 g/mol. The molecule has 1 fully saturated rings. The molecule has 1 aliphatic heterocycles. The first-order valence-electron chi connectivity index (χ1n) is 5.08. The van der Waals surface area contributed by atoms with E-state index in [0.29, 0.717) is 13.2 Å². The Labute approximate surface area is 89.2 Å². The quantitative estimate of drug-likeness (QED) is 0.739. The van der Waals surface area contributed by atoms with Crippen molar-refractivity contribution in [2.75, 3.05) is 13.2 Å². The van der Waals surface area contributed by atoms with Crippen LogP contribution < -0.4 is 0 Å². The molecule has 0 aromatic heterocycles. The molecule has 3 heteroatoms. The van der Waals surface area contributed by atoms with Crippen molar-refractivity contribution in [3.05, 3.63) is 35.9 Å². The number of ether oxygens (including phenoxy) is 2. The van der Waals surface area contributed by atoms with E-state index in [0.717, 1.165) is 12.0 Å². The van der Waals surface area contributed by atoms with Gasteiger partial charge in [-0.25, -0.2) is 0 Å². The van der Waals surface area contributed by atoms with Gasteiger partial charge in [-0.2, -0.15) is 5.26 Å². The van der Waals surface area contributed by atoms with Crippen molar-refractivity contribution in [3.8, 4) is 6.07 Å². The Morgan fingerprint density at radius 1 is 1.20 bits per heavy atom. The third-order valence-electron chi connectivity index (χ3n) is 2.48. The van der Waals surface area contributed by atoms with Gasteiger partial charge in [-0.05, 0) is 6.42 Å². The van der Waals surface area contributed by atoms with Gasteiger partial charge in [0, 0.05) is 5.56 Å². The molecule has 2 rings (SSSR count). The molecule has 1 aromatic carbocycles. The highest BCUT2D eigenvalue weighted by Crippen LogP contribution is 2.33. The van der Waals surface area contributed by atoms with Gasteiger partial charge >= 0.3 is 0 Å². The Balaban J connectivity index is 2.30. The Hall–Kier alpha value is -1.37. The fraction of sp³-hybridized carbons (Fsp3) is 0.417. The maximum absolute atomic E-state index is 8.84. The molecule has 0 aliphatic carbocycles. The lowest BCUT2D eigenvalue weighted by Gasteiger charge is -2.35. The molecule has 0 spiro atoms. The summed E-state index contributed by atoms with van der Waals surface area (Å²) in [7, 11) is 0. The van der Waals surface area contributed by atoms with Crippen molar-refractivity contribution in [2.24, 2.45) is 0 Å². The van der Waals surface area contributed by atoms with Gasteiger partial charge in [-0.1, -0.05) is 30.3 Å². The monoisotopic (exact) mass is 203 g/mol. The molecule has 0 saturated carbocycles. The van der Waals surface area contributed by atoms with Crippen LogP contribution in [-0.4, -0.2) is 13.2 Å². The summed E-state index contributed by atoms with van der Waals surface area (Å²) >= 11 is 0. The van der Waals surface area contributed by atoms with E-state index in [1.54, 1.807) is 0 Å². The summed E-state index contributed by atoms with van der Waals surface area (Å²) in [6.07, 6.45) is 1.12. The van der Waals surface area contributed by atoms with Crippen LogP contribution in [0.25, 0.3) is 0 Å². The molecule has 0 unspecified atom stereocenters. The van der Waals surface area contributed by atoms with Gasteiger partial charge < -0.3 is 9.47 Å². The van der Waals surface area contributed by atoms with Gasteiger partial charge in [-0.15, -0.1) is 0 Å². The van der Waals surface area contributed by atoms with Gasteiger partial charge in [0.25, 0.3) is 0 Å². The standard InChI is InChI=1S/C12H13NO2/c13-8-7-12(14-9-4-10-15-12)11-5-2-1-3-6-11/h1-3,5-6H,4,7,9-10H2. The van der Waals surface area contributed by atoms with E-state index in [2.05, 4.69) is 6.07 Å². The highest BCUT2D eigenvalue weighted by atomic mass is 16.7. The first-order valence-corrected chi connectivity index (χ1v) is 5.08. The fourth-order valence-electron chi connectivity index (χ4n) is 1.74. The molecule has 0 atom stereocenters. The Morgan fingerprint density at radius 2 is 1.87 bits per heavy atom. The number of benzene rings is 1. The Kier molecular flexibility index (Phi) is 3.00. The van der Waals surface area contributed by atoms with Gasteiger partial charge in [0.1, 0.15) is 0 Å². The normalized spacial score (nSPS) is 19.4. The van der Waals surface area contributed by atoms with Crippen LogP contribution in [0.3, 0.4) is 0 Å². The minimum Gasteiger partial charge on any atom is -0.345 e. The topological polar surface area (TPSA) is 42.2 Å². The van der Waals surface area contributed by atoms with E-state index in [-0.39, 0.29) is 6.42 Å². The summed E-state index contributed by atoms with van der Waals surface area (Å²) in [5.74, 6) is -0.839. The van der Waals surface area contributed by atoms with Crippen LogP contribution in [0.5, 0.6) is 0 Å². The Morgan fingerprint density at radius 3 is 2.47 bits per heavy atom. The molecule has 1 heterocycles. The summed E-state index contributed by atoms with van der Waals surface area (Å²) in [5, 5.41) is 8.84. The fourth-order valence-corrected chi connectivity index (χ4v) is 1.74. The highest BCUT2D eigenvalue weighted by Gasteiger charge is 2.36. The van der Waals surface area contributed by atoms with Crippen LogP contribution in [0, 0.1) is 11.3 Å². The summed E-state index contributed by atoms with van der Waals surface area (Å²) < 4.78 is 11.3. The molecule has 1 saturated heterocycles. The SMILES string of the molecule is N#CCC1(c2ccccc2)OCCCO1. The maximum Gasteiger partial charge on any atom is 0.208 e. The maximum atomic E-state index is 8.84. The highest BCUT2D eigenvalue weighted by molar-refractivity contribution is 5.21. The summed E-state index contributed by atoms with van der Waals surface area (Å²) in [6.45, 7) is 1.30. The van der Waals surface area contributed by atoms with Crippen molar-refractivity contribution < 1.29 is 9.47 Å². The van der Waals surface area contributed by atoms with E-state index >= 15 is 0 Å². The molecule has 0 radical (unpaired) electrons. The van der Waals surface area contributed by atoms with Crippen LogP contribution in [0.15, 0.2) is 30.3 Å². The van der Waals surface area contributed by atoms with Gasteiger partial charge in [0.05, 0.1) is 25.7 Å². The van der Waals surface area contributed by atoms with Crippen molar-refractivity contribution in [1.82, 2.24) is 0 Å². The lowest BCUT2D eigenvalue weighted by Crippen LogP contribution is -2.37. The lowest BCUT2D eigenvalue weighted by atomic mass is 10.0. The average Bonchev–Trinajstić information content (AvgIpc) is 2.32. The molecule has 0 bridgehead atoms. The second-order valence-electron chi connectivity index (χ2n) is 3.50. The molecular weight excluding hydrogens is 190 g/mol. The lowest BCUT2D eigenvalue weighted by molar-refractivity contribution is -0.273. The molecular formula is C12H13NO2. The second-order valence-corrected chi connectivity index (χ2v) is 3.50. The van der Waals surface area contributed by atoms with E-state index < -0.39 is 5.79 Å². The van der Waals surface area contributed by atoms with Crippen LogP contribution in [-0.2, 0) is 15.3 Å². The summed E-state index contributed by atoms with van der Waals surface area (Å²) in [5.41, 5.74) is 0.922. The summed E-state index contributed by atoms with van der Waals surface area (Å²) in [4.78, 5) is 0. The van der Waals surface area contributed by atoms with Gasteiger partial charge in [0.15, 0.2) is 0 Å². The smallest absolute Gasteiger partial charge is 0.208 e. The zero-order valence-corrected chi connectivity index (χ0v) is 8.48. The molecule has 3 nitrogen and oxygen atoms in total. The summed E-state index contributed by atoms with van der Waals surface area (Å²) in [6, 6.07) is 11.8. The largest absolute Gasteiger partial charge is 0.345 e. The minimum absolute atomic E-state index is 0.233. The van der Waals surface area contributed by atoms with Crippen molar-refractivity contribution >= 4 is 0 Å². The number of rotatable bonds is 2. The molecule has 15 heavy (non-hydrogen) atoms. The number of hydrogen-bond donors (Lipinski definition) is 0.